The van der Waals surface area contributed by atoms with E-state index in [-0.39, 0.29) is 5.91 Å². The first-order valence-corrected chi connectivity index (χ1v) is 6.66. The van der Waals surface area contributed by atoms with E-state index in [2.05, 4.69) is 5.32 Å². The first-order chi connectivity index (χ1) is 10.1. The lowest BCUT2D eigenvalue weighted by molar-refractivity contribution is 0.102. The molecule has 4 nitrogen and oxygen atoms in total. The minimum atomic E-state index is -0.136. The summed E-state index contributed by atoms with van der Waals surface area (Å²) in [4.78, 5) is 12.4. The van der Waals surface area contributed by atoms with Crippen molar-refractivity contribution in [3.05, 3.63) is 53.1 Å². The summed E-state index contributed by atoms with van der Waals surface area (Å²) in [6, 6.07) is 11.0. The van der Waals surface area contributed by atoms with Gasteiger partial charge in [-0.1, -0.05) is 12.1 Å². The molecule has 0 aliphatic carbocycles. The number of anilines is 1. The van der Waals surface area contributed by atoms with Gasteiger partial charge in [0.2, 0.25) is 0 Å². The maximum absolute atomic E-state index is 12.4. The van der Waals surface area contributed by atoms with Crippen LogP contribution in [0.3, 0.4) is 0 Å². The number of methoxy groups -OCH3 is 2. The number of benzene rings is 2. The lowest BCUT2D eigenvalue weighted by Crippen LogP contribution is -2.14. The van der Waals surface area contributed by atoms with E-state index in [1.54, 1.807) is 32.4 Å². The molecule has 4 heteroatoms. The van der Waals surface area contributed by atoms with Crippen LogP contribution in [-0.4, -0.2) is 20.1 Å². The third-order valence-electron chi connectivity index (χ3n) is 3.49. The van der Waals surface area contributed by atoms with Crippen LogP contribution in [-0.2, 0) is 0 Å². The number of rotatable bonds is 4. The van der Waals surface area contributed by atoms with Crippen molar-refractivity contribution in [3.8, 4) is 11.5 Å². The third kappa shape index (κ3) is 3.16. The number of hydrogen-bond donors (Lipinski definition) is 1. The summed E-state index contributed by atoms with van der Waals surface area (Å²) in [7, 11) is 3.14. The van der Waals surface area contributed by atoms with Crippen LogP contribution in [0.4, 0.5) is 5.69 Å². The first kappa shape index (κ1) is 14.9. The topological polar surface area (TPSA) is 47.6 Å². The molecule has 0 saturated carbocycles. The molecule has 0 saturated heterocycles. The number of nitrogens with one attached hydrogen (secondary N) is 1. The van der Waals surface area contributed by atoms with Crippen LogP contribution in [0.2, 0.25) is 0 Å². The van der Waals surface area contributed by atoms with Gasteiger partial charge in [0.25, 0.3) is 5.91 Å². The van der Waals surface area contributed by atoms with Crippen molar-refractivity contribution in [2.45, 2.75) is 13.8 Å². The van der Waals surface area contributed by atoms with Gasteiger partial charge in [0.1, 0.15) is 0 Å². The fourth-order valence-electron chi connectivity index (χ4n) is 2.11. The molecular weight excluding hydrogens is 266 g/mol. The SMILES string of the molecule is COc1ccc(NC(=O)c2cccc(C)c2C)cc1OC. The van der Waals surface area contributed by atoms with Gasteiger partial charge < -0.3 is 14.8 Å². The first-order valence-electron chi connectivity index (χ1n) is 6.66. The average molecular weight is 285 g/mol. The van der Waals surface area contributed by atoms with E-state index in [1.807, 2.05) is 32.0 Å². The van der Waals surface area contributed by atoms with E-state index in [9.17, 15) is 4.79 Å². The van der Waals surface area contributed by atoms with Crippen LogP contribution in [0.1, 0.15) is 21.5 Å². The predicted octanol–water partition coefficient (Wildman–Crippen LogP) is 3.57. The zero-order valence-electron chi connectivity index (χ0n) is 12.7. The Labute approximate surface area is 124 Å². The molecule has 2 aromatic rings. The van der Waals surface area contributed by atoms with E-state index in [0.29, 0.717) is 22.7 Å². The number of aryl methyl sites for hydroxylation is 1. The van der Waals surface area contributed by atoms with Crippen LogP contribution >= 0.6 is 0 Å². The Hall–Kier alpha value is -2.49. The summed E-state index contributed by atoms with van der Waals surface area (Å²) in [5.74, 6) is 1.07. The lowest BCUT2D eigenvalue weighted by Gasteiger charge is -2.12. The second-order valence-electron chi connectivity index (χ2n) is 4.77. The van der Waals surface area contributed by atoms with Crippen LogP contribution in [0, 0.1) is 13.8 Å². The molecule has 0 radical (unpaired) electrons. The maximum atomic E-state index is 12.4. The molecule has 2 aromatic carbocycles. The fourth-order valence-corrected chi connectivity index (χ4v) is 2.11. The molecule has 0 aliphatic heterocycles. The van der Waals surface area contributed by atoms with Gasteiger partial charge in [-0.15, -0.1) is 0 Å². The Morgan fingerprint density at radius 2 is 1.71 bits per heavy atom. The van der Waals surface area contributed by atoms with Gasteiger partial charge >= 0.3 is 0 Å². The van der Waals surface area contributed by atoms with Crippen LogP contribution in [0.5, 0.6) is 11.5 Å². The Kier molecular flexibility index (Phi) is 4.48. The molecule has 0 aromatic heterocycles. The summed E-state index contributed by atoms with van der Waals surface area (Å²) in [5, 5.41) is 2.88. The normalized spacial score (nSPS) is 10.1. The quantitative estimate of drug-likeness (QED) is 0.934. The second kappa shape index (κ2) is 6.31. The van der Waals surface area contributed by atoms with E-state index < -0.39 is 0 Å². The van der Waals surface area contributed by atoms with E-state index in [1.165, 1.54) is 0 Å². The molecule has 110 valence electrons. The summed E-state index contributed by atoms with van der Waals surface area (Å²) < 4.78 is 10.4. The molecule has 21 heavy (non-hydrogen) atoms. The van der Waals surface area contributed by atoms with Crippen LogP contribution < -0.4 is 14.8 Å². The van der Waals surface area contributed by atoms with Gasteiger partial charge in [-0.2, -0.15) is 0 Å². The molecule has 1 N–H and O–H groups in total. The summed E-state index contributed by atoms with van der Waals surface area (Å²) in [6.45, 7) is 3.93. The van der Waals surface area contributed by atoms with Crippen LogP contribution in [0.25, 0.3) is 0 Å². The molecule has 0 bridgehead atoms. The standard InChI is InChI=1S/C17H19NO3/c1-11-6-5-7-14(12(11)2)17(19)18-13-8-9-15(20-3)16(10-13)21-4/h5-10H,1-4H3,(H,18,19). The highest BCUT2D eigenvalue weighted by molar-refractivity contribution is 6.05. The van der Waals surface area contributed by atoms with Crippen molar-refractivity contribution in [2.24, 2.45) is 0 Å². The molecular formula is C17H19NO3. The molecule has 0 spiro atoms. The highest BCUT2D eigenvalue weighted by atomic mass is 16.5. The summed E-state index contributed by atoms with van der Waals surface area (Å²) in [6.07, 6.45) is 0. The third-order valence-corrected chi connectivity index (χ3v) is 3.49. The van der Waals surface area contributed by atoms with E-state index in [4.69, 9.17) is 9.47 Å². The Balaban J connectivity index is 2.25. The van der Waals surface area contributed by atoms with Crippen molar-refractivity contribution in [2.75, 3.05) is 19.5 Å². The Bertz CT molecular complexity index is 665. The maximum Gasteiger partial charge on any atom is 0.255 e. The van der Waals surface area contributed by atoms with Crippen molar-refractivity contribution in [1.82, 2.24) is 0 Å². The van der Waals surface area contributed by atoms with Gasteiger partial charge in [-0.3, -0.25) is 4.79 Å². The minimum Gasteiger partial charge on any atom is -0.493 e. The van der Waals surface area contributed by atoms with Crippen molar-refractivity contribution in [1.29, 1.82) is 0 Å². The number of carbonyl (C=O) groups is 1. The zero-order valence-corrected chi connectivity index (χ0v) is 12.7. The molecule has 2 rings (SSSR count). The monoisotopic (exact) mass is 285 g/mol. The largest absolute Gasteiger partial charge is 0.493 e. The second-order valence-corrected chi connectivity index (χ2v) is 4.77. The van der Waals surface area contributed by atoms with Crippen molar-refractivity contribution in [3.63, 3.8) is 0 Å². The lowest BCUT2D eigenvalue weighted by atomic mass is 10.0. The van der Waals surface area contributed by atoms with Crippen molar-refractivity contribution < 1.29 is 14.3 Å². The molecule has 0 aliphatic rings. The van der Waals surface area contributed by atoms with Crippen molar-refractivity contribution >= 4 is 11.6 Å². The molecule has 1 amide bonds. The van der Waals surface area contributed by atoms with Gasteiger partial charge in [0.15, 0.2) is 11.5 Å². The van der Waals surface area contributed by atoms with E-state index in [0.717, 1.165) is 11.1 Å². The van der Waals surface area contributed by atoms with Crippen LogP contribution in [0.15, 0.2) is 36.4 Å². The van der Waals surface area contributed by atoms with Gasteiger partial charge in [0, 0.05) is 17.3 Å². The average Bonchev–Trinajstić information content (AvgIpc) is 2.49. The highest BCUT2D eigenvalue weighted by Crippen LogP contribution is 2.30. The Morgan fingerprint density at radius 1 is 1.00 bits per heavy atom. The number of hydrogen-bond acceptors (Lipinski definition) is 3. The molecule has 0 unspecified atom stereocenters. The predicted molar refractivity (Wildman–Crippen MR) is 83.4 cm³/mol. The number of amides is 1. The molecule has 0 fully saturated rings. The Morgan fingerprint density at radius 3 is 2.38 bits per heavy atom. The zero-order chi connectivity index (χ0) is 15.4. The molecule has 0 atom stereocenters. The summed E-state index contributed by atoms with van der Waals surface area (Å²) >= 11 is 0. The number of ether oxygens (including phenoxy) is 2. The van der Waals surface area contributed by atoms with Gasteiger partial charge in [-0.05, 0) is 43.2 Å². The highest BCUT2D eigenvalue weighted by Gasteiger charge is 2.12. The van der Waals surface area contributed by atoms with E-state index >= 15 is 0 Å². The van der Waals surface area contributed by atoms with Gasteiger partial charge in [-0.25, -0.2) is 0 Å². The molecule has 0 heterocycles. The smallest absolute Gasteiger partial charge is 0.255 e. The fraction of sp³-hybridized carbons (Fsp3) is 0.235. The summed E-state index contributed by atoms with van der Waals surface area (Å²) in [5.41, 5.74) is 3.41. The van der Waals surface area contributed by atoms with Gasteiger partial charge in [0.05, 0.1) is 14.2 Å². The minimum absolute atomic E-state index is 0.136. The number of carbonyl (C=O) groups excluding carboxylic acids is 1.